The number of hydrogen-bond donors (Lipinski definition) is 2. The Morgan fingerprint density at radius 2 is 2.53 bits per heavy atom. The molecule has 1 saturated heterocycles. The largest absolute Gasteiger partial charge is 0.386 e. The van der Waals surface area contributed by atoms with Gasteiger partial charge in [-0.2, -0.15) is 0 Å². The normalized spacial score (nSPS) is 28.8. The van der Waals surface area contributed by atoms with E-state index in [9.17, 15) is 5.11 Å². The van der Waals surface area contributed by atoms with Crippen LogP contribution in [0, 0.1) is 6.92 Å². The minimum atomic E-state index is -0.704. The molecule has 2 rings (SSSR count). The first-order valence-electron chi connectivity index (χ1n) is 6.14. The fourth-order valence-electron chi connectivity index (χ4n) is 2.15. The van der Waals surface area contributed by atoms with Crippen LogP contribution >= 0.6 is 0 Å². The van der Waals surface area contributed by atoms with Crippen molar-refractivity contribution < 1.29 is 9.84 Å². The molecule has 2 atom stereocenters. The molecule has 96 valence electrons. The zero-order chi connectivity index (χ0) is 12.3. The highest BCUT2D eigenvalue weighted by Crippen LogP contribution is 2.24. The first-order valence-corrected chi connectivity index (χ1v) is 6.14. The summed E-state index contributed by atoms with van der Waals surface area (Å²) in [6.07, 6.45) is 4.40. The number of aryl methyl sites for hydroxylation is 1. The van der Waals surface area contributed by atoms with Gasteiger partial charge in [-0.25, -0.2) is 4.98 Å². The first-order chi connectivity index (χ1) is 8.12. The summed E-state index contributed by atoms with van der Waals surface area (Å²) in [6.45, 7) is 6.85. The maximum absolute atomic E-state index is 10.3. The average Bonchev–Trinajstić information content (AvgIpc) is 2.83. The molecular weight excluding hydrogens is 218 g/mol. The molecule has 1 fully saturated rings. The van der Waals surface area contributed by atoms with Crippen molar-refractivity contribution in [3.05, 3.63) is 18.2 Å². The Morgan fingerprint density at radius 3 is 3.12 bits per heavy atom. The van der Waals surface area contributed by atoms with Crippen molar-refractivity contribution in [2.24, 2.45) is 0 Å². The van der Waals surface area contributed by atoms with Crippen molar-refractivity contribution in [3.8, 4) is 0 Å². The van der Waals surface area contributed by atoms with Crippen LogP contribution in [0.3, 0.4) is 0 Å². The Labute approximate surface area is 102 Å². The predicted molar refractivity (Wildman–Crippen MR) is 64.8 cm³/mol. The van der Waals surface area contributed by atoms with E-state index < -0.39 is 5.60 Å². The van der Waals surface area contributed by atoms with E-state index in [1.54, 1.807) is 6.20 Å². The summed E-state index contributed by atoms with van der Waals surface area (Å²) in [5, 5.41) is 13.6. The Kier molecular flexibility index (Phi) is 3.81. The number of ether oxygens (including phenoxy) is 1. The summed E-state index contributed by atoms with van der Waals surface area (Å²) in [6, 6.07) is 0. The number of rotatable bonds is 5. The van der Waals surface area contributed by atoms with Gasteiger partial charge in [-0.1, -0.05) is 0 Å². The maximum Gasteiger partial charge on any atom is 0.105 e. The molecule has 0 bridgehead atoms. The molecule has 5 heteroatoms. The zero-order valence-electron chi connectivity index (χ0n) is 10.5. The first kappa shape index (κ1) is 12.5. The molecule has 2 N–H and O–H groups in total. The van der Waals surface area contributed by atoms with Gasteiger partial charge in [-0.15, -0.1) is 0 Å². The summed E-state index contributed by atoms with van der Waals surface area (Å²) >= 11 is 0. The summed E-state index contributed by atoms with van der Waals surface area (Å²) in [4.78, 5) is 4.16. The smallest absolute Gasteiger partial charge is 0.105 e. The average molecular weight is 239 g/mol. The second-order valence-corrected chi connectivity index (χ2v) is 4.71. The molecule has 0 amide bonds. The SMILES string of the molecule is Cc1nccn1CCNCC1(O)CCOC1C. The van der Waals surface area contributed by atoms with Crippen LogP contribution < -0.4 is 5.32 Å². The highest BCUT2D eigenvalue weighted by atomic mass is 16.5. The fourth-order valence-corrected chi connectivity index (χ4v) is 2.15. The molecule has 1 aromatic rings. The van der Waals surface area contributed by atoms with E-state index in [1.807, 2.05) is 20.0 Å². The second kappa shape index (κ2) is 5.16. The molecule has 0 saturated carbocycles. The van der Waals surface area contributed by atoms with E-state index in [1.165, 1.54) is 0 Å². The van der Waals surface area contributed by atoms with Gasteiger partial charge in [0.2, 0.25) is 0 Å². The van der Waals surface area contributed by atoms with Gasteiger partial charge in [0.1, 0.15) is 11.4 Å². The lowest BCUT2D eigenvalue weighted by molar-refractivity contribution is -0.0260. The molecule has 2 unspecified atom stereocenters. The van der Waals surface area contributed by atoms with Crippen LogP contribution in [0.2, 0.25) is 0 Å². The predicted octanol–water partition coefficient (Wildman–Crippen LogP) is 0.321. The second-order valence-electron chi connectivity index (χ2n) is 4.71. The quantitative estimate of drug-likeness (QED) is 0.727. The van der Waals surface area contributed by atoms with E-state index in [0.29, 0.717) is 19.6 Å². The van der Waals surface area contributed by atoms with E-state index in [0.717, 1.165) is 18.9 Å². The molecule has 0 aromatic carbocycles. The highest BCUT2D eigenvalue weighted by Gasteiger charge is 2.38. The molecule has 1 aliphatic rings. The Bertz CT molecular complexity index is 366. The van der Waals surface area contributed by atoms with Gasteiger partial charge in [-0.05, 0) is 13.8 Å². The Hall–Kier alpha value is -0.910. The molecule has 2 heterocycles. The van der Waals surface area contributed by atoms with Gasteiger partial charge in [0.15, 0.2) is 0 Å². The molecular formula is C12H21N3O2. The maximum atomic E-state index is 10.3. The minimum Gasteiger partial charge on any atom is -0.386 e. The molecule has 1 aliphatic heterocycles. The van der Waals surface area contributed by atoms with E-state index in [2.05, 4.69) is 14.9 Å². The summed E-state index contributed by atoms with van der Waals surface area (Å²) in [7, 11) is 0. The lowest BCUT2D eigenvalue weighted by Crippen LogP contribution is -2.46. The molecule has 0 spiro atoms. The Morgan fingerprint density at radius 1 is 1.71 bits per heavy atom. The lowest BCUT2D eigenvalue weighted by Gasteiger charge is -2.26. The monoisotopic (exact) mass is 239 g/mol. The highest BCUT2D eigenvalue weighted by molar-refractivity contribution is 4.92. The van der Waals surface area contributed by atoms with Crippen LogP contribution in [0.1, 0.15) is 19.2 Å². The molecule has 17 heavy (non-hydrogen) atoms. The number of aliphatic hydroxyl groups is 1. The van der Waals surface area contributed by atoms with Crippen molar-refractivity contribution in [1.29, 1.82) is 0 Å². The zero-order valence-corrected chi connectivity index (χ0v) is 10.5. The third kappa shape index (κ3) is 2.86. The molecule has 1 aromatic heterocycles. The minimum absolute atomic E-state index is 0.0787. The van der Waals surface area contributed by atoms with Crippen LogP contribution in [0.5, 0.6) is 0 Å². The van der Waals surface area contributed by atoms with Gasteiger partial charge in [0.05, 0.1) is 6.10 Å². The number of hydrogen-bond acceptors (Lipinski definition) is 4. The standard InChI is InChI=1S/C12H21N3O2/c1-10-12(16,3-8-17-10)9-13-4-6-15-7-5-14-11(15)2/h5,7,10,13,16H,3-4,6,8-9H2,1-2H3. The van der Waals surface area contributed by atoms with Crippen LogP contribution in [-0.2, 0) is 11.3 Å². The number of nitrogens with zero attached hydrogens (tertiary/aromatic N) is 2. The van der Waals surface area contributed by atoms with Crippen LogP contribution in [-0.4, -0.2) is 46.1 Å². The molecule has 5 nitrogen and oxygen atoms in total. The number of aromatic nitrogens is 2. The molecule has 0 radical (unpaired) electrons. The number of imidazole rings is 1. The summed E-state index contributed by atoms with van der Waals surface area (Å²) in [5.74, 6) is 1.02. The van der Waals surface area contributed by atoms with E-state index in [-0.39, 0.29) is 6.10 Å². The summed E-state index contributed by atoms with van der Waals surface area (Å²) < 4.78 is 7.47. The van der Waals surface area contributed by atoms with Crippen molar-refractivity contribution in [3.63, 3.8) is 0 Å². The third-order valence-electron chi connectivity index (χ3n) is 3.54. The van der Waals surface area contributed by atoms with Crippen molar-refractivity contribution in [1.82, 2.24) is 14.9 Å². The van der Waals surface area contributed by atoms with Crippen LogP contribution in [0.25, 0.3) is 0 Å². The molecule has 0 aliphatic carbocycles. The van der Waals surface area contributed by atoms with E-state index >= 15 is 0 Å². The summed E-state index contributed by atoms with van der Waals surface area (Å²) in [5.41, 5.74) is -0.704. The Balaban J connectivity index is 1.71. The van der Waals surface area contributed by atoms with Gasteiger partial charge >= 0.3 is 0 Å². The fraction of sp³-hybridized carbons (Fsp3) is 0.750. The van der Waals surface area contributed by atoms with Crippen LogP contribution in [0.4, 0.5) is 0 Å². The lowest BCUT2D eigenvalue weighted by atomic mass is 9.97. The van der Waals surface area contributed by atoms with Crippen molar-refractivity contribution >= 4 is 0 Å². The van der Waals surface area contributed by atoms with Crippen LogP contribution in [0.15, 0.2) is 12.4 Å². The van der Waals surface area contributed by atoms with Crippen molar-refractivity contribution in [2.75, 3.05) is 19.7 Å². The third-order valence-corrected chi connectivity index (χ3v) is 3.54. The van der Waals surface area contributed by atoms with Gasteiger partial charge in [0, 0.05) is 45.1 Å². The van der Waals surface area contributed by atoms with Gasteiger partial charge in [-0.3, -0.25) is 0 Å². The van der Waals surface area contributed by atoms with Crippen molar-refractivity contribution in [2.45, 2.75) is 38.5 Å². The number of nitrogens with one attached hydrogen (secondary N) is 1. The van der Waals surface area contributed by atoms with Gasteiger partial charge in [0.25, 0.3) is 0 Å². The topological polar surface area (TPSA) is 59.3 Å². The van der Waals surface area contributed by atoms with E-state index in [4.69, 9.17) is 4.74 Å². The van der Waals surface area contributed by atoms with Gasteiger partial charge < -0.3 is 19.7 Å².